The molecule has 0 amide bonds. The molecule has 5 N–H and O–H groups in total. The number of aliphatic carboxylic acids is 4. The van der Waals surface area contributed by atoms with Crippen molar-refractivity contribution in [3.8, 4) is 0 Å². The van der Waals surface area contributed by atoms with E-state index in [0.717, 1.165) is 81.9 Å². The Bertz CT molecular complexity index is 1980. The van der Waals surface area contributed by atoms with E-state index >= 15 is 0 Å². The minimum atomic E-state index is -1.76. The first-order valence-electron chi connectivity index (χ1n) is 40.5. The molecule has 1 unspecified atom stereocenters. The lowest BCUT2D eigenvalue weighted by Gasteiger charge is -2.30. The zero-order valence-corrected chi connectivity index (χ0v) is 64.7. The average Bonchev–Trinajstić information content (AvgIpc) is 0.829. The van der Waals surface area contributed by atoms with Gasteiger partial charge in [-0.2, -0.15) is 0 Å². The van der Waals surface area contributed by atoms with Crippen molar-refractivity contribution in [3.63, 3.8) is 0 Å². The second kappa shape index (κ2) is 72.5. The van der Waals surface area contributed by atoms with Gasteiger partial charge in [0.15, 0.2) is 5.41 Å². The summed E-state index contributed by atoms with van der Waals surface area (Å²) < 4.78 is 45.4. The van der Waals surface area contributed by atoms with Gasteiger partial charge >= 0.3 is 53.7 Å². The quantitative estimate of drug-likeness (QED) is 0.0215. The van der Waals surface area contributed by atoms with E-state index in [1.165, 1.54) is 178 Å². The Labute approximate surface area is 620 Å². The third-order valence-corrected chi connectivity index (χ3v) is 18.3. The highest BCUT2D eigenvalue weighted by atomic mass is 16.6. The molecule has 0 aromatic heterocycles. The van der Waals surface area contributed by atoms with Crippen LogP contribution in [0.1, 0.15) is 323 Å². The largest absolute Gasteiger partial charge is 0.481 e. The van der Waals surface area contributed by atoms with Crippen LogP contribution < -0.4 is 5.32 Å². The van der Waals surface area contributed by atoms with Crippen molar-refractivity contribution in [1.82, 2.24) is 15.1 Å². The highest BCUT2D eigenvalue weighted by Gasteiger charge is 2.45. The molecule has 0 radical (unpaired) electrons. The van der Waals surface area contributed by atoms with E-state index in [9.17, 15) is 53.4 Å². The second-order valence-corrected chi connectivity index (χ2v) is 28.2. The van der Waals surface area contributed by atoms with Crippen LogP contribution in [0, 0.1) is 5.41 Å². The highest BCUT2D eigenvalue weighted by Crippen LogP contribution is 2.26. The van der Waals surface area contributed by atoms with E-state index in [0.29, 0.717) is 45.5 Å². The third-order valence-electron chi connectivity index (χ3n) is 18.3. The lowest BCUT2D eigenvalue weighted by molar-refractivity contribution is -0.180. The van der Waals surface area contributed by atoms with Gasteiger partial charge in [-0.15, -0.1) is 0 Å². The van der Waals surface area contributed by atoms with Crippen molar-refractivity contribution in [2.24, 2.45) is 5.41 Å². The predicted octanol–water partition coefficient (Wildman–Crippen LogP) is 15.0. The first-order valence-corrected chi connectivity index (χ1v) is 40.5. The topological polar surface area (TPSA) is 327 Å². The zero-order valence-electron chi connectivity index (χ0n) is 64.7. The second-order valence-electron chi connectivity index (χ2n) is 28.2. The van der Waals surface area contributed by atoms with Gasteiger partial charge in [0.25, 0.3) is 0 Å². The Morgan fingerprint density at radius 3 is 0.942 bits per heavy atom. The van der Waals surface area contributed by atoms with E-state index in [2.05, 4.69) is 26.1 Å². The fraction of sp³-hybridized carbons (Fsp3) is 0.886. The van der Waals surface area contributed by atoms with E-state index in [1.807, 2.05) is 0 Å². The van der Waals surface area contributed by atoms with Crippen molar-refractivity contribution in [2.45, 2.75) is 329 Å². The third kappa shape index (κ3) is 67.4. The molecule has 602 valence electrons. The summed E-state index contributed by atoms with van der Waals surface area (Å²) in [6, 6.07) is -0.910. The van der Waals surface area contributed by atoms with Crippen molar-refractivity contribution < 1.29 is 101 Å². The fourth-order valence-corrected chi connectivity index (χ4v) is 12.1. The van der Waals surface area contributed by atoms with Gasteiger partial charge in [0.1, 0.15) is 26.4 Å². The molecule has 0 bridgehead atoms. The van der Waals surface area contributed by atoms with E-state index in [-0.39, 0.29) is 71.9 Å². The number of nitrogens with one attached hydrogen (secondary N) is 1. The van der Waals surface area contributed by atoms with Crippen LogP contribution in [-0.4, -0.2) is 208 Å². The summed E-state index contributed by atoms with van der Waals surface area (Å²) in [6.07, 6.45) is 48.4. The Morgan fingerprint density at radius 1 is 0.311 bits per heavy atom. The summed E-state index contributed by atoms with van der Waals surface area (Å²) in [4.78, 5) is 115. The van der Waals surface area contributed by atoms with Gasteiger partial charge in [-0.25, -0.2) is 0 Å². The zero-order chi connectivity index (χ0) is 75.8. The van der Waals surface area contributed by atoms with Crippen LogP contribution >= 0.6 is 0 Å². The van der Waals surface area contributed by atoms with E-state index < -0.39 is 118 Å². The molecule has 0 fully saturated rings. The van der Waals surface area contributed by atoms with E-state index in [1.54, 1.807) is 0 Å². The van der Waals surface area contributed by atoms with Gasteiger partial charge in [-0.1, -0.05) is 258 Å². The predicted molar refractivity (Wildman–Crippen MR) is 399 cm³/mol. The molecule has 0 saturated heterocycles. The van der Waals surface area contributed by atoms with Crippen molar-refractivity contribution in [3.05, 3.63) is 0 Å². The Kier molecular flexibility index (Phi) is 69.0. The van der Waals surface area contributed by atoms with Crippen LogP contribution in [0.25, 0.3) is 0 Å². The molecule has 0 aromatic rings. The molecule has 103 heavy (non-hydrogen) atoms. The number of hydrogen-bond donors (Lipinski definition) is 5. The smallest absolute Gasteiger partial charge is 0.322 e. The van der Waals surface area contributed by atoms with Crippen molar-refractivity contribution in [1.29, 1.82) is 0 Å². The number of carbonyl (C=O) groups excluding carboxylic acids is 5. The molecule has 0 aliphatic carbocycles. The maximum Gasteiger partial charge on any atom is 0.322 e. The van der Waals surface area contributed by atoms with Gasteiger partial charge in [0.2, 0.25) is 0 Å². The number of hydrogen-bond acceptors (Lipinski definition) is 20. The van der Waals surface area contributed by atoms with Gasteiger partial charge in [0, 0.05) is 51.5 Å². The number of ether oxygens (including phenoxy) is 8. The summed E-state index contributed by atoms with van der Waals surface area (Å²) in [7, 11) is 0. The molecular formula is C79H145N3O21. The maximum absolute atomic E-state index is 14.4. The molecule has 0 rings (SSSR count). The van der Waals surface area contributed by atoms with Gasteiger partial charge in [-0.05, 0) is 38.5 Å². The number of rotatable bonds is 81. The molecule has 0 aliphatic rings. The van der Waals surface area contributed by atoms with Crippen LogP contribution in [0.5, 0.6) is 0 Å². The first kappa shape index (κ1) is 98.0. The minimum absolute atomic E-state index is 0.0519. The molecule has 24 heteroatoms. The molecule has 0 aliphatic heterocycles. The SMILES string of the molecule is CCCCCCCCCCCCCCCC(=O)OCC(COC(=O)CCCCCCCCCCCCCCC)(COC(=O)CCCCCCCCCCCCCCC)C(=O)OCCCCCCOCCOCCOCCOC(=O)CNC(CC(=O)O)CN(CCN(CC(=O)O)CC(=O)O)CC(=O)O. The number of unbranched alkanes of at least 4 members (excludes halogenated alkanes) is 39. The summed E-state index contributed by atoms with van der Waals surface area (Å²) in [5.74, 6) is -7.89. The Balaban J connectivity index is 5.36. The van der Waals surface area contributed by atoms with Gasteiger partial charge < -0.3 is 63.6 Å². The standard InChI is InChI=1S/C79H145N3O21/c1-4-7-10-13-16-19-22-25-28-31-34-37-42-47-74(91)101-66-79(67-102-75(92)48-43-38-35-32-29-26-23-20-17-14-11-8-5-2,68-103-76(93)49-44-39-36-33-30-27-24-21-18-15-12-9-6-3)78(95)100-53-46-41-40-45-52-96-54-55-97-56-57-98-58-59-99-77(94)61-80-69(60-70(83)84)62-81(63-71(85)86)50-51-82(64-72(87)88)65-73(89)90/h69,80H,4-68H2,1-3H3,(H,83,84)(H,85,86)(H,87,88)(H,89,90). The number of nitrogens with zero attached hydrogens (tertiary/aromatic N) is 2. The lowest BCUT2D eigenvalue weighted by Crippen LogP contribution is -2.48. The summed E-state index contributed by atoms with van der Waals surface area (Å²) in [5, 5.41) is 39.9. The number of carboxylic acids is 4. The Morgan fingerprint density at radius 2 is 0.602 bits per heavy atom. The Hall–Kier alpha value is -5.01. The lowest BCUT2D eigenvalue weighted by atomic mass is 9.91. The molecule has 24 nitrogen and oxygen atoms in total. The maximum atomic E-state index is 14.4. The van der Waals surface area contributed by atoms with Crippen LogP contribution in [0.2, 0.25) is 0 Å². The van der Waals surface area contributed by atoms with Gasteiger partial charge in [0.05, 0.1) is 72.2 Å². The first-order chi connectivity index (χ1) is 50.0. The highest BCUT2D eigenvalue weighted by molar-refractivity contribution is 5.80. The molecule has 0 heterocycles. The van der Waals surface area contributed by atoms with Crippen molar-refractivity contribution >= 4 is 53.7 Å². The summed E-state index contributed by atoms with van der Waals surface area (Å²) in [5.41, 5.74) is -1.76. The summed E-state index contributed by atoms with van der Waals surface area (Å²) in [6.45, 7) is 4.40. The average molecular weight is 1470 g/mol. The molecule has 0 spiro atoms. The number of carbonyl (C=O) groups is 9. The van der Waals surface area contributed by atoms with Crippen molar-refractivity contribution in [2.75, 3.05) is 118 Å². The summed E-state index contributed by atoms with van der Waals surface area (Å²) >= 11 is 0. The number of esters is 5. The molecule has 0 saturated carbocycles. The van der Waals surface area contributed by atoms with E-state index in [4.69, 9.17) is 48.1 Å². The fourth-order valence-electron chi connectivity index (χ4n) is 12.1. The number of carboxylic acid groups (broad SMARTS) is 4. The molecule has 1 atom stereocenters. The van der Waals surface area contributed by atoms with Crippen LogP contribution in [0.4, 0.5) is 0 Å². The normalized spacial score (nSPS) is 11.9. The van der Waals surface area contributed by atoms with Crippen LogP contribution in [0.3, 0.4) is 0 Å². The molecular weight excluding hydrogens is 1330 g/mol. The van der Waals surface area contributed by atoms with Gasteiger partial charge in [-0.3, -0.25) is 53.0 Å². The monoisotopic (exact) mass is 1470 g/mol. The van der Waals surface area contributed by atoms with Crippen LogP contribution in [0.15, 0.2) is 0 Å². The molecule has 0 aromatic carbocycles. The van der Waals surface area contributed by atoms with Crippen LogP contribution in [-0.2, 0) is 81.0 Å². The minimum Gasteiger partial charge on any atom is -0.481 e.